The topological polar surface area (TPSA) is 88.2 Å². The van der Waals surface area contributed by atoms with Gasteiger partial charge in [0.05, 0.1) is 11.4 Å². The number of halogens is 1. The third kappa shape index (κ3) is 2.95. The highest BCUT2D eigenvalue weighted by Gasteiger charge is 2.11. The van der Waals surface area contributed by atoms with E-state index in [1.807, 2.05) is 6.92 Å². The van der Waals surface area contributed by atoms with Crippen molar-refractivity contribution < 1.29 is 9.90 Å². The molecular formula is C13H12ClN3O2. The second kappa shape index (κ2) is 5.16. The molecule has 4 N–H and O–H groups in total. The Balaban J connectivity index is 2.25. The zero-order valence-electron chi connectivity index (χ0n) is 10.1. The van der Waals surface area contributed by atoms with Crippen molar-refractivity contribution in [2.24, 2.45) is 0 Å². The van der Waals surface area contributed by atoms with Gasteiger partial charge in [0.1, 0.15) is 5.75 Å². The number of nitrogen functional groups attached to an aromatic ring is 1. The summed E-state index contributed by atoms with van der Waals surface area (Å²) in [5, 5.41) is 12.3. The van der Waals surface area contributed by atoms with Gasteiger partial charge in [-0.3, -0.25) is 4.79 Å². The van der Waals surface area contributed by atoms with Gasteiger partial charge < -0.3 is 16.2 Å². The molecule has 0 saturated carbocycles. The number of benzene rings is 1. The largest absolute Gasteiger partial charge is 0.506 e. The second-order valence-electron chi connectivity index (χ2n) is 4.08. The van der Waals surface area contributed by atoms with Crippen LogP contribution in [0.3, 0.4) is 0 Å². The first-order valence-corrected chi connectivity index (χ1v) is 5.87. The number of phenols is 1. The first-order valence-electron chi connectivity index (χ1n) is 5.49. The van der Waals surface area contributed by atoms with Crippen LogP contribution in [0.4, 0.5) is 11.4 Å². The lowest BCUT2D eigenvalue weighted by Crippen LogP contribution is -2.12. The van der Waals surface area contributed by atoms with Crippen LogP contribution in [0.25, 0.3) is 0 Å². The number of carbonyl (C=O) groups excluding carboxylic acids is 1. The predicted octanol–water partition coefficient (Wildman–Crippen LogP) is 2.58. The summed E-state index contributed by atoms with van der Waals surface area (Å²) in [7, 11) is 0. The highest BCUT2D eigenvalue weighted by Crippen LogP contribution is 2.23. The molecule has 1 aromatic heterocycles. The van der Waals surface area contributed by atoms with E-state index < -0.39 is 5.91 Å². The normalized spacial score (nSPS) is 10.2. The lowest BCUT2D eigenvalue weighted by molar-refractivity contribution is 0.102. The summed E-state index contributed by atoms with van der Waals surface area (Å²) in [6.07, 6.45) is 1.60. The average molecular weight is 278 g/mol. The van der Waals surface area contributed by atoms with E-state index in [9.17, 15) is 9.90 Å². The number of aromatic nitrogens is 1. The van der Waals surface area contributed by atoms with E-state index in [4.69, 9.17) is 17.3 Å². The molecule has 0 unspecified atom stereocenters. The van der Waals surface area contributed by atoms with Crippen molar-refractivity contribution in [1.29, 1.82) is 0 Å². The van der Waals surface area contributed by atoms with Gasteiger partial charge in [0, 0.05) is 11.8 Å². The summed E-state index contributed by atoms with van der Waals surface area (Å²) in [6.45, 7) is 1.84. The average Bonchev–Trinajstić information content (AvgIpc) is 2.37. The van der Waals surface area contributed by atoms with E-state index in [0.717, 1.165) is 5.56 Å². The van der Waals surface area contributed by atoms with E-state index in [-0.39, 0.29) is 22.2 Å². The number of phenolic OH excluding ortho intramolecular Hbond substituents is 1. The maximum absolute atomic E-state index is 12.0. The standard InChI is InChI=1S/C13H12ClN3O2/c1-7-4-10(12(14)16-6-7)17-13(19)8-2-3-9(15)11(18)5-8/h2-6,18H,15H2,1H3,(H,17,19). The third-order valence-electron chi connectivity index (χ3n) is 2.52. The van der Waals surface area contributed by atoms with Crippen LogP contribution in [0.5, 0.6) is 5.75 Å². The SMILES string of the molecule is Cc1cnc(Cl)c(NC(=O)c2ccc(N)c(O)c2)c1. The number of rotatable bonds is 2. The molecule has 0 aliphatic heterocycles. The Labute approximate surface area is 115 Å². The highest BCUT2D eigenvalue weighted by molar-refractivity contribution is 6.32. The highest BCUT2D eigenvalue weighted by atomic mass is 35.5. The molecule has 98 valence electrons. The Hall–Kier alpha value is -2.27. The summed E-state index contributed by atoms with van der Waals surface area (Å²) >= 11 is 5.89. The number of nitrogens with two attached hydrogens (primary N) is 1. The van der Waals surface area contributed by atoms with Gasteiger partial charge in [-0.15, -0.1) is 0 Å². The van der Waals surface area contributed by atoms with Crippen LogP contribution in [0.15, 0.2) is 30.5 Å². The number of pyridine rings is 1. The van der Waals surface area contributed by atoms with E-state index >= 15 is 0 Å². The van der Waals surface area contributed by atoms with Crippen molar-refractivity contribution in [3.05, 3.63) is 46.7 Å². The van der Waals surface area contributed by atoms with E-state index in [2.05, 4.69) is 10.3 Å². The molecule has 2 rings (SSSR count). The van der Waals surface area contributed by atoms with Gasteiger partial charge >= 0.3 is 0 Å². The first-order chi connectivity index (χ1) is 8.97. The van der Waals surface area contributed by atoms with Crippen LogP contribution < -0.4 is 11.1 Å². The lowest BCUT2D eigenvalue weighted by Gasteiger charge is -2.08. The summed E-state index contributed by atoms with van der Waals surface area (Å²) in [6, 6.07) is 5.98. The van der Waals surface area contributed by atoms with Crippen molar-refractivity contribution in [3.8, 4) is 5.75 Å². The van der Waals surface area contributed by atoms with Crippen LogP contribution >= 0.6 is 11.6 Å². The molecule has 0 radical (unpaired) electrons. The van der Waals surface area contributed by atoms with E-state index in [1.165, 1.54) is 18.2 Å². The molecule has 5 nitrogen and oxygen atoms in total. The van der Waals surface area contributed by atoms with E-state index in [0.29, 0.717) is 5.69 Å². The molecule has 1 amide bonds. The predicted molar refractivity (Wildman–Crippen MR) is 74.5 cm³/mol. The molecular weight excluding hydrogens is 266 g/mol. The fourth-order valence-electron chi connectivity index (χ4n) is 1.52. The molecule has 0 spiro atoms. The number of nitrogens with one attached hydrogen (secondary N) is 1. The minimum atomic E-state index is -0.399. The zero-order valence-corrected chi connectivity index (χ0v) is 10.9. The third-order valence-corrected chi connectivity index (χ3v) is 2.82. The van der Waals surface area contributed by atoms with Crippen molar-refractivity contribution in [1.82, 2.24) is 4.98 Å². The monoisotopic (exact) mass is 277 g/mol. The zero-order chi connectivity index (χ0) is 14.0. The Bertz CT molecular complexity index is 644. The van der Waals surface area contributed by atoms with Gasteiger partial charge in [-0.05, 0) is 36.8 Å². The van der Waals surface area contributed by atoms with Crippen LogP contribution in [0.2, 0.25) is 5.15 Å². The molecule has 0 bridgehead atoms. The summed E-state index contributed by atoms with van der Waals surface area (Å²) < 4.78 is 0. The van der Waals surface area contributed by atoms with Crippen LogP contribution in [0.1, 0.15) is 15.9 Å². The lowest BCUT2D eigenvalue weighted by atomic mass is 10.1. The van der Waals surface area contributed by atoms with Gasteiger partial charge in [-0.2, -0.15) is 0 Å². The van der Waals surface area contributed by atoms with Crippen molar-refractivity contribution in [2.45, 2.75) is 6.92 Å². The second-order valence-corrected chi connectivity index (χ2v) is 4.44. The number of nitrogens with zero attached hydrogens (tertiary/aromatic N) is 1. The van der Waals surface area contributed by atoms with Crippen molar-refractivity contribution >= 4 is 28.9 Å². The molecule has 0 aliphatic rings. The fourth-order valence-corrected chi connectivity index (χ4v) is 1.67. The number of aromatic hydroxyl groups is 1. The minimum Gasteiger partial charge on any atom is -0.506 e. The Morgan fingerprint density at radius 2 is 2.16 bits per heavy atom. The smallest absolute Gasteiger partial charge is 0.255 e. The molecule has 6 heteroatoms. The number of hydrogen-bond acceptors (Lipinski definition) is 4. The molecule has 0 saturated heterocycles. The van der Waals surface area contributed by atoms with Crippen LogP contribution in [-0.4, -0.2) is 16.0 Å². The molecule has 0 aliphatic carbocycles. The van der Waals surface area contributed by atoms with Crippen molar-refractivity contribution in [3.63, 3.8) is 0 Å². The van der Waals surface area contributed by atoms with Gasteiger partial charge in [0.15, 0.2) is 5.15 Å². The summed E-state index contributed by atoms with van der Waals surface area (Å²) in [4.78, 5) is 15.9. The first kappa shape index (κ1) is 13.2. The van der Waals surface area contributed by atoms with Crippen molar-refractivity contribution in [2.75, 3.05) is 11.1 Å². The molecule has 0 fully saturated rings. The molecule has 0 atom stereocenters. The fraction of sp³-hybridized carbons (Fsp3) is 0.0769. The van der Waals surface area contributed by atoms with Gasteiger partial charge in [0.25, 0.3) is 5.91 Å². The maximum atomic E-state index is 12.0. The molecule has 1 heterocycles. The number of carbonyl (C=O) groups is 1. The van der Waals surface area contributed by atoms with Crippen LogP contribution in [0, 0.1) is 6.92 Å². The Morgan fingerprint density at radius 3 is 2.84 bits per heavy atom. The Morgan fingerprint density at radius 1 is 1.42 bits per heavy atom. The molecule has 1 aromatic carbocycles. The quantitative estimate of drug-likeness (QED) is 0.447. The van der Waals surface area contributed by atoms with Crippen LogP contribution in [-0.2, 0) is 0 Å². The van der Waals surface area contributed by atoms with Gasteiger partial charge in [-0.25, -0.2) is 4.98 Å². The van der Waals surface area contributed by atoms with E-state index in [1.54, 1.807) is 12.3 Å². The minimum absolute atomic E-state index is 0.138. The summed E-state index contributed by atoms with van der Waals surface area (Å²) in [5.74, 6) is -0.536. The van der Waals surface area contributed by atoms with Gasteiger partial charge in [0.2, 0.25) is 0 Å². The summed E-state index contributed by atoms with van der Waals surface area (Å²) in [5.41, 5.74) is 7.26. The number of hydrogen-bond donors (Lipinski definition) is 3. The molecule has 19 heavy (non-hydrogen) atoms. The number of amides is 1. The van der Waals surface area contributed by atoms with Gasteiger partial charge in [-0.1, -0.05) is 11.6 Å². The number of aryl methyl sites for hydroxylation is 1. The number of anilines is 2. The maximum Gasteiger partial charge on any atom is 0.255 e. The molecule has 2 aromatic rings. The Kier molecular flexibility index (Phi) is 3.57.